The Morgan fingerprint density at radius 3 is 2.82 bits per heavy atom. The van der Waals surface area contributed by atoms with E-state index in [4.69, 9.17) is 6.42 Å². The van der Waals surface area contributed by atoms with E-state index in [1.165, 1.54) is 0 Å². The second kappa shape index (κ2) is 4.23. The summed E-state index contributed by atoms with van der Waals surface area (Å²) in [4.78, 5) is 12.1. The average molecular weight is 295 g/mol. The van der Waals surface area contributed by atoms with Crippen molar-refractivity contribution in [2.24, 2.45) is 0 Å². The predicted molar refractivity (Wildman–Crippen MR) is 70.8 cm³/mol. The van der Waals surface area contributed by atoms with Gasteiger partial charge in [0.15, 0.2) is 0 Å². The fraction of sp³-hybridized carbons (Fsp3) is 0.462. The quantitative estimate of drug-likeness (QED) is 0.855. The fourth-order valence-corrected chi connectivity index (χ4v) is 2.10. The molecule has 0 unspecified atom stereocenters. The van der Waals surface area contributed by atoms with Crippen molar-refractivity contribution in [3.05, 3.63) is 22.4 Å². The van der Waals surface area contributed by atoms with Crippen LogP contribution in [0.3, 0.4) is 0 Å². The van der Waals surface area contributed by atoms with E-state index in [1.807, 2.05) is 30.7 Å². The van der Waals surface area contributed by atoms with Gasteiger partial charge in [0.2, 0.25) is 0 Å². The van der Waals surface area contributed by atoms with E-state index in [0.717, 1.165) is 17.3 Å². The van der Waals surface area contributed by atoms with Gasteiger partial charge in [-0.2, -0.15) is 0 Å². The molecule has 1 aliphatic carbocycles. The van der Waals surface area contributed by atoms with E-state index in [0.29, 0.717) is 11.7 Å². The van der Waals surface area contributed by atoms with Crippen molar-refractivity contribution in [2.75, 3.05) is 0 Å². The number of nitrogens with zero attached hydrogens (tertiary/aromatic N) is 1. The van der Waals surface area contributed by atoms with E-state index in [-0.39, 0.29) is 5.91 Å². The van der Waals surface area contributed by atoms with Crippen LogP contribution < -0.4 is 5.32 Å². The van der Waals surface area contributed by atoms with Crippen molar-refractivity contribution in [1.82, 2.24) is 9.88 Å². The van der Waals surface area contributed by atoms with Gasteiger partial charge in [0, 0.05) is 16.7 Å². The molecular formula is C13H15BrN2O. The van der Waals surface area contributed by atoms with Crippen molar-refractivity contribution in [3.8, 4) is 12.3 Å². The summed E-state index contributed by atoms with van der Waals surface area (Å²) in [6.07, 6.45) is 9.60. The summed E-state index contributed by atoms with van der Waals surface area (Å²) in [7, 11) is 0. The Morgan fingerprint density at radius 2 is 2.29 bits per heavy atom. The number of rotatable bonds is 3. The molecule has 17 heavy (non-hydrogen) atoms. The molecule has 0 spiro atoms. The van der Waals surface area contributed by atoms with Crippen LogP contribution >= 0.6 is 15.9 Å². The normalized spacial score (nSPS) is 15.4. The SMILES string of the molecule is C#CC(C)(C)NC(=O)c1cc(Br)cn1C1CC1. The van der Waals surface area contributed by atoms with E-state index >= 15 is 0 Å². The monoisotopic (exact) mass is 294 g/mol. The molecule has 2 rings (SSSR count). The van der Waals surface area contributed by atoms with E-state index in [9.17, 15) is 4.79 Å². The molecule has 3 nitrogen and oxygen atoms in total. The molecule has 1 N–H and O–H groups in total. The van der Waals surface area contributed by atoms with Gasteiger partial charge >= 0.3 is 0 Å². The van der Waals surface area contributed by atoms with Crippen LogP contribution in [-0.4, -0.2) is 16.0 Å². The van der Waals surface area contributed by atoms with Crippen molar-refractivity contribution in [3.63, 3.8) is 0 Å². The van der Waals surface area contributed by atoms with Crippen molar-refractivity contribution < 1.29 is 4.79 Å². The first-order valence-corrected chi connectivity index (χ1v) is 6.40. The molecule has 0 aliphatic heterocycles. The molecule has 0 saturated heterocycles. The zero-order chi connectivity index (χ0) is 12.6. The number of nitrogens with one attached hydrogen (secondary N) is 1. The Labute approximate surface area is 110 Å². The van der Waals surface area contributed by atoms with Gasteiger partial charge in [-0.05, 0) is 48.7 Å². The zero-order valence-corrected chi connectivity index (χ0v) is 11.5. The largest absolute Gasteiger partial charge is 0.339 e. The molecule has 4 heteroatoms. The first-order valence-electron chi connectivity index (χ1n) is 5.60. The fourth-order valence-electron chi connectivity index (χ4n) is 1.67. The molecule has 0 aromatic carbocycles. The van der Waals surface area contributed by atoms with Crippen LogP contribution in [0.1, 0.15) is 43.2 Å². The van der Waals surface area contributed by atoms with Gasteiger partial charge in [0.25, 0.3) is 5.91 Å². The minimum Gasteiger partial charge on any atom is -0.339 e. The van der Waals surface area contributed by atoms with Crippen molar-refractivity contribution in [1.29, 1.82) is 0 Å². The molecule has 1 aromatic heterocycles. The molecule has 1 aliphatic rings. The summed E-state index contributed by atoms with van der Waals surface area (Å²) in [6.45, 7) is 3.62. The lowest BCUT2D eigenvalue weighted by Crippen LogP contribution is -2.42. The first-order chi connectivity index (χ1) is 7.93. The lowest BCUT2D eigenvalue weighted by atomic mass is 10.1. The maximum absolute atomic E-state index is 12.1. The highest BCUT2D eigenvalue weighted by Crippen LogP contribution is 2.37. The molecule has 0 atom stereocenters. The van der Waals surface area contributed by atoms with Crippen LogP contribution in [-0.2, 0) is 0 Å². The third kappa shape index (κ3) is 2.73. The Balaban J connectivity index is 2.22. The van der Waals surface area contributed by atoms with Crippen LogP contribution in [0, 0.1) is 12.3 Å². The second-order valence-corrected chi connectivity index (χ2v) is 5.82. The molecule has 1 amide bonds. The standard InChI is InChI=1S/C13H15BrN2O/c1-4-13(2,3)15-12(17)11-7-9(14)8-16(11)10-5-6-10/h1,7-8,10H,5-6H2,2-3H3,(H,15,17). The van der Waals surface area contributed by atoms with Crippen molar-refractivity contribution >= 4 is 21.8 Å². The van der Waals surface area contributed by atoms with Gasteiger partial charge in [0.1, 0.15) is 5.69 Å². The van der Waals surface area contributed by atoms with Crippen LogP contribution in [0.2, 0.25) is 0 Å². The third-order valence-corrected chi connectivity index (χ3v) is 3.21. The Hall–Kier alpha value is -1.21. The number of halogens is 1. The van der Waals surface area contributed by atoms with Crippen LogP contribution in [0.15, 0.2) is 16.7 Å². The van der Waals surface area contributed by atoms with Crippen LogP contribution in [0.4, 0.5) is 0 Å². The highest BCUT2D eigenvalue weighted by molar-refractivity contribution is 9.10. The smallest absolute Gasteiger partial charge is 0.269 e. The highest BCUT2D eigenvalue weighted by Gasteiger charge is 2.29. The number of carbonyl (C=O) groups is 1. The third-order valence-electron chi connectivity index (χ3n) is 2.77. The number of hydrogen-bond donors (Lipinski definition) is 1. The summed E-state index contributed by atoms with van der Waals surface area (Å²) < 4.78 is 2.94. The topological polar surface area (TPSA) is 34.0 Å². The lowest BCUT2D eigenvalue weighted by Gasteiger charge is -2.20. The number of hydrogen-bond acceptors (Lipinski definition) is 1. The molecule has 1 fully saturated rings. The van der Waals surface area contributed by atoms with Gasteiger partial charge in [-0.1, -0.05) is 5.92 Å². The first kappa shape index (κ1) is 12.3. The molecule has 1 heterocycles. The summed E-state index contributed by atoms with van der Waals surface area (Å²) in [6, 6.07) is 2.30. The van der Waals surface area contributed by atoms with Crippen LogP contribution in [0.5, 0.6) is 0 Å². The van der Waals surface area contributed by atoms with Crippen molar-refractivity contribution in [2.45, 2.75) is 38.3 Å². The van der Waals surface area contributed by atoms with Gasteiger partial charge in [-0.25, -0.2) is 0 Å². The molecule has 90 valence electrons. The maximum Gasteiger partial charge on any atom is 0.269 e. The number of terminal acetylenes is 1. The molecule has 0 bridgehead atoms. The Bertz CT molecular complexity index is 492. The summed E-state index contributed by atoms with van der Waals surface area (Å²) in [5.74, 6) is 2.44. The number of amides is 1. The average Bonchev–Trinajstić information content (AvgIpc) is 3.01. The maximum atomic E-state index is 12.1. The van der Waals surface area contributed by atoms with Gasteiger partial charge in [-0.15, -0.1) is 6.42 Å². The highest BCUT2D eigenvalue weighted by atomic mass is 79.9. The molecule has 1 aromatic rings. The van der Waals surface area contributed by atoms with Gasteiger partial charge in [0.05, 0.1) is 5.54 Å². The Morgan fingerprint density at radius 1 is 1.65 bits per heavy atom. The lowest BCUT2D eigenvalue weighted by molar-refractivity contribution is 0.0920. The number of carbonyl (C=O) groups excluding carboxylic acids is 1. The van der Waals surface area contributed by atoms with Gasteiger partial charge in [-0.3, -0.25) is 4.79 Å². The summed E-state index contributed by atoms with van der Waals surface area (Å²) in [5.41, 5.74) is 0.0464. The predicted octanol–water partition coefficient (Wildman–Crippen LogP) is 2.73. The molecule has 1 saturated carbocycles. The number of aromatic nitrogens is 1. The minimum absolute atomic E-state index is 0.120. The molecule has 0 radical (unpaired) electrons. The van der Waals surface area contributed by atoms with E-state index in [2.05, 4.69) is 27.2 Å². The zero-order valence-electron chi connectivity index (χ0n) is 9.96. The van der Waals surface area contributed by atoms with E-state index in [1.54, 1.807) is 0 Å². The van der Waals surface area contributed by atoms with E-state index < -0.39 is 5.54 Å². The summed E-state index contributed by atoms with van der Waals surface area (Å²) in [5, 5.41) is 2.84. The van der Waals surface area contributed by atoms with Gasteiger partial charge < -0.3 is 9.88 Å². The second-order valence-electron chi connectivity index (χ2n) is 4.91. The van der Waals surface area contributed by atoms with Crippen LogP contribution in [0.25, 0.3) is 0 Å². The minimum atomic E-state index is -0.623. The summed E-state index contributed by atoms with van der Waals surface area (Å²) >= 11 is 3.40. The Kier molecular flexibility index (Phi) is 3.05. The molecular weight excluding hydrogens is 280 g/mol.